The Morgan fingerprint density at radius 2 is 2.00 bits per heavy atom. The smallest absolute Gasteiger partial charge is 0.345 e. The van der Waals surface area contributed by atoms with Gasteiger partial charge >= 0.3 is 11.9 Å². The van der Waals surface area contributed by atoms with E-state index in [2.05, 4.69) is 12.2 Å². The molecule has 0 aliphatic heterocycles. The lowest BCUT2D eigenvalue weighted by Gasteiger charge is -2.18. The molecular formula is C20H20N2O7S. The first-order valence-electron chi connectivity index (χ1n) is 9.25. The predicted octanol–water partition coefficient (Wildman–Crippen LogP) is 3.36. The molecule has 0 saturated carbocycles. The molecule has 1 N–H and O–H groups in total. The summed E-state index contributed by atoms with van der Waals surface area (Å²) in [7, 11) is 1.28. The van der Waals surface area contributed by atoms with E-state index in [9.17, 15) is 24.5 Å². The molecule has 1 aromatic carbocycles. The average Bonchev–Trinajstić information content (AvgIpc) is 3.07. The molecule has 0 bridgehead atoms. The number of anilines is 1. The summed E-state index contributed by atoms with van der Waals surface area (Å²) in [6.45, 7) is 1.48. The Balaban J connectivity index is 1.72. The lowest BCUT2D eigenvalue weighted by atomic mass is 9.88. The summed E-state index contributed by atoms with van der Waals surface area (Å²) in [5, 5.41) is 14.0. The van der Waals surface area contributed by atoms with Crippen molar-refractivity contribution in [2.24, 2.45) is 5.92 Å². The molecule has 2 aromatic rings. The van der Waals surface area contributed by atoms with Crippen molar-refractivity contribution >= 4 is 39.9 Å². The van der Waals surface area contributed by atoms with Crippen LogP contribution < -0.4 is 5.32 Å². The third-order valence-corrected chi connectivity index (χ3v) is 5.98. The van der Waals surface area contributed by atoms with E-state index < -0.39 is 35.1 Å². The van der Waals surface area contributed by atoms with Gasteiger partial charge < -0.3 is 14.8 Å². The van der Waals surface area contributed by atoms with Gasteiger partial charge in [0.2, 0.25) is 0 Å². The van der Waals surface area contributed by atoms with Crippen LogP contribution in [0.1, 0.15) is 44.5 Å². The minimum atomic E-state index is -0.982. The number of hydrogen-bond acceptors (Lipinski definition) is 8. The molecule has 1 aliphatic carbocycles. The van der Waals surface area contributed by atoms with Crippen molar-refractivity contribution in [3.63, 3.8) is 0 Å². The molecule has 3 rings (SSSR count). The van der Waals surface area contributed by atoms with Gasteiger partial charge in [-0.05, 0) is 36.8 Å². The van der Waals surface area contributed by atoms with Gasteiger partial charge in [0, 0.05) is 10.9 Å². The first kappa shape index (κ1) is 21.4. The van der Waals surface area contributed by atoms with Gasteiger partial charge in [0.1, 0.15) is 10.6 Å². The number of carbonyl (C=O) groups is 3. The summed E-state index contributed by atoms with van der Waals surface area (Å²) in [6, 6.07) is 5.32. The highest BCUT2D eigenvalue weighted by Gasteiger charge is 2.29. The molecule has 1 aromatic heterocycles. The molecule has 1 aliphatic rings. The lowest BCUT2D eigenvalue weighted by molar-refractivity contribution is -0.385. The van der Waals surface area contributed by atoms with E-state index in [1.165, 1.54) is 42.7 Å². The standard InChI is InChI=1S/C20H20N2O7S/c1-11-7-8-13-15(9-11)30-18(17(13)20(25)28-2)21-16(23)10-29-19(24)12-5-3-4-6-14(12)22(26)27/h3-6,11H,7-10H2,1-2H3,(H,21,23). The van der Waals surface area contributed by atoms with Crippen LogP contribution in [0.4, 0.5) is 10.7 Å². The largest absolute Gasteiger partial charge is 0.465 e. The molecule has 1 amide bonds. The molecule has 10 heteroatoms. The number of hydrogen-bond donors (Lipinski definition) is 1. The molecule has 1 atom stereocenters. The quantitative estimate of drug-likeness (QED) is 0.421. The molecule has 9 nitrogen and oxygen atoms in total. The second-order valence-corrected chi connectivity index (χ2v) is 8.05. The van der Waals surface area contributed by atoms with Crippen LogP contribution in [0.25, 0.3) is 0 Å². The van der Waals surface area contributed by atoms with Crippen molar-refractivity contribution in [2.45, 2.75) is 26.2 Å². The topological polar surface area (TPSA) is 125 Å². The van der Waals surface area contributed by atoms with Gasteiger partial charge in [-0.1, -0.05) is 19.1 Å². The van der Waals surface area contributed by atoms with Gasteiger partial charge in [0.15, 0.2) is 6.61 Å². The fraction of sp³-hybridized carbons (Fsp3) is 0.350. The van der Waals surface area contributed by atoms with Gasteiger partial charge in [0.25, 0.3) is 11.6 Å². The van der Waals surface area contributed by atoms with Crippen molar-refractivity contribution in [3.8, 4) is 0 Å². The van der Waals surface area contributed by atoms with Gasteiger partial charge in [-0.15, -0.1) is 11.3 Å². The van der Waals surface area contributed by atoms with E-state index in [-0.39, 0.29) is 5.56 Å². The zero-order valence-corrected chi connectivity index (χ0v) is 17.2. The Bertz CT molecular complexity index is 1010. The number of rotatable bonds is 6. The summed E-state index contributed by atoms with van der Waals surface area (Å²) in [4.78, 5) is 48.1. The van der Waals surface area contributed by atoms with Crippen LogP contribution in [-0.4, -0.2) is 36.5 Å². The van der Waals surface area contributed by atoms with E-state index in [1.54, 1.807) is 0 Å². The van der Waals surface area contributed by atoms with Crippen molar-refractivity contribution in [1.82, 2.24) is 0 Å². The maximum Gasteiger partial charge on any atom is 0.345 e. The van der Waals surface area contributed by atoms with E-state index in [0.29, 0.717) is 16.5 Å². The number of para-hydroxylation sites is 1. The summed E-state index contributed by atoms with van der Waals surface area (Å²) >= 11 is 1.31. The van der Waals surface area contributed by atoms with Crippen LogP contribution in [0, 0.1) is 16.0 Å². The first-order chi connectivity index (χ1) is 14.3. The number of thiophene rings is 1. The van der Waals surface area contributed by atoms with Crippen molar-refractivity contribution in [1.29, 1.82) is 0 Å². The third-order valence-electron chi connectivity index (χ3n) is 4.81. The zero-order chi connectivity index (χ0) is 21.8. The number of nitrogens with one attached hydrogen (secondary N) is 1. The number of amides is 1. The van der Waals surface area contributed by atoms with Crippen LogP contribution in [0.3, 0.4) is 0 Å². The van der Waals surface area contributed by atoms with E-state index >= 15 is 0 Å². The minimum absolute atomic E-state index is 0.244. The van der Waals surface area contributed by atoms with Crippen LogP contribution in [-0.2, 0) is 27.1 Å². The van der Waals surface area contributed by atoms with E-state index in [4.69, 9.17) is 9.47 Å². The second kappa shape index (κ2) is 9.04. The van der Waals surface area contributed by atoms with Crippen LogP contribution in [0.2, 0.25) is 0 Å². The highest BCUT2D eigenvalue weighted by Crippen LogP contribution is 2.40. The molecule has 0 saturated heterocycles. The Kier molecular flexibility index (Phi) is 6.46. The van der Waals surface area contributed by atoms with Crippen molar-refractivity contribution in [3.05, 3.63) is 55.9 Å². The maximum absolute atomic E-state index is 12.3. The number of carbonyl (C=O) groups excluding carboxylic acids is 3. The van der Waals surface area contributed by atoms with Gasteiger partial charge in [-0.2, -0.15) is 0 Å². The third kappa shape index (κ3) is 4.48. The lowest BCUT2D eigenvalue weighted by Crippen LogP contribution is -2.22. The van der Waals surface area contributed by atoms with E-state index in [0.717, 1.165) is 29.7 Å². The molecular weight excluding hydrogens is 412 g/mol. The number of ether oxygens (including phenoxy) is 2. The summed E-state index contributed by atoms with van der Waals surface area (Å²) in [6.07, 6.45) is 2.47. The number of nitro groups is 1. The maximum atomic E-state index is 12.3. The number of esters is 2. The fourth-order valence-electron chi connectivity index (χ4n) is 3.33. The summed E-state index contributed by atoms with van der Waals surface area (Å²) in [5.41, 5.74) is 0.571. The molecule has 30 heavy (non-hydrogen) atoms. The van der Waals surface area contributed by atoms with Gasteiger partial charge in [-0.25, -0.2) is 9.59 Å². The average molecular weight is 432 g/mol. The highest BCUT2D eigenvalue weighted by atomic mass is 32.1. The number of benzene rings is 1. The minimum Gasteiger partial charge on any atom is -0.465 e. The number of methoxy groups -OCH3 is 1. The van der Waals surface area contributed by atoms with Crippen molar-refractivity contribution in [2.75, 3.05) is 19.0 Å². The monoisotopic (exact) mass is 432 g/mol. The molecule has 1 unspecified atom stereocenters. The highest BCUT2D eigenvalue weighted by molar-refractivity contribution is 7.17. The van der Waals surface area contributed by atoms with Crippen LogP contribution in [0.5, 0.6) is 0 Å². The molecule has 0 fully saturated rings. The van der Waals surface area contributed by atoms with Crippen LogP contribution in [0.15, 0.2) is 24.3 Å². The van der Waals surface area contributed by atoms with E-state index in [1.807, 2.05) is 0 Å². The molecule has 0 radical (unpaired) electrons. The first-order valence-corrected chi connectivity index (χ1v) is 10.1. The summed E-state index contributed by atoms with van der Waals surface area (Å²) in [5.74, 6) is -1.69. The van der Waals surface area contributed by atoms with Gasteiger partial charge in [-0.3, -0.25) is 14.9 Å². The Morgan fingerprint density at radius 3 is 2.70 bits per heavy atom. The fourth-order valence-corrected chi connectivity index (χ4v) is 4.75. The van der Waals surface area contributed by atoms with Crippen molar-refractivity contribution < 1.29 is 28.8 Å². The zero-order valence-electron chi connectivity index (χ0n) is 16.4. The SMILES string of the molecule is COC(=O)c1c(NC(=O)COC(=O)c2ccccc2[N+](=O)[O-])sc2c1CCC(C)C2. The molecule has 158 valence electrons. The van der Waals surface area contributed by atoms with Gasteiger partial charge in [0.05, 0.1) is 17.6 Å². The predicted molar refractivity (Wildman–Crippen MR) is 109 cm³/mol. The number of nitrogens with zero attached hydrogens (tertiary/aromatic N) is 1. The molecule has 0 spiro atoms. The Hall–Kier alpha value is -3.27. The Morgan fingerprint density at radius 1 is 1.27 bits per heavy atom. The Labute approximate surface area is 176 Å². The summed E-state index contributed by atoms with van der Waals surface area (Å²) < 4.78 is 9.80. The number of fused-ring (bicyclic) bond motifs is 1. The number of nitro benzene ring substituents is 1. The second-order valence-electron chi connectivity index (χ2n) is 6.95. The molecule has 1 heterocycles. The van der Waals surface area contributed by atoms with Crippen LogP contribution >= 0.6 is 11.3 Å². The normalized spacial score (nSPS) is 15.1.